The molecule has 5 heteroatoms. The standard InChI is InChI=1S/C29H26N2O3/c1-33-29(32)25-18-16-24(17-19-25)22-34-28-15-9-8-12-26(28)20-30-31(27-13-6-3-7-14-27)21-23-10-4-2-5-11-23/h2-20H,21-22H2,1H3/b30-20+. The van der Waals surface area contributed by atoms with Crippen LogP contribution in [0, 0.1) is 0 Å². The summed E-state index contributed by atoms with van der Waals surface area (Å²) in [5, 5.41) is 6.76. The highest BCUT2D eigenvalue weighted by atomic mass is 16.5. The topological polar surface area (TPSA) is 51.1 Å². The van der Waals surface area contributed by atoms with E-state index in [1.54, 1.807) is 12.1 Å². The molecule has 0 heterocycles. The van der Waals surface area contributed by atoms with Gasteiger partial charge in [0, 0.05) is 5.56 Å². The summed E-state index contributed by atoms with van der Waals surface area (Å²) in [5.41, 5.74) is 4.52. The number of hydrogen-bond acceptors (Lipinski definition) is 5. The van der Waals surface area contributed by atoms with Gasteiger partial charge in [0.05, 0.1) is 31.1 Å². The van der Waals surface area contributed by atoms with Gasteiger partial charge in [-0.3, -0.25) is 5.01 Å². The van der Waals surface area contributed by atoms with Gasteiger partial charge in [0.15, 0.2) is 0 Å². The summed E-state index contributed by atoms with van der Waals surface area (Å²) in [7, 11) is 1.37. The van der Waals surface area contributed by atoms with Crippen molar-refractivity contribution in [3.05, 3.63) is 131 Å². The van der Waals surface area contributed by atoms with Crippen molar-refractivity contribution in [3.63, 3.8) is 0 Å². The first-order valence-corrected chi connectivity index (χ1v) is 11.0. The number of esters is 1. The SMILES string of the molecule is COC(=O)c1ccc(COc2ccccc2/C=N/N(Cc2ccccc2)c2ccccc2)cc1. The third-order valence-corrected chi connectivity index (χ3v) is 5.25. The third kappa shape index (κ3) is 6.11. The van der Waals surface area contributed by atoms with E-state index < -0.39 is 0 Å². The Morgan fingerprint density at radius 2 is 1.44 bits per heavy atom. The number of ether oxygens (including phenoxy) is 2. The van der Waals surface area contributed by atoms with Crippen LogP contribution in [0.2, 0.25) is 0 Å². The zero-order valence-corrected chi connectivity index (χ0v) is 19.0. The molecule has 0 N–H and O–H groups in total. The summed E-state index contributed by atoms with van der Waals surface area (Å²) >= 11 is 0. The van der Waals surface area contributed by atoms with Crippen molar-refractivity contribution in [1.82, 2.24) is 0 Å². The predicted molar refractivity (Wildman–Crippen MR) is 135 cm³/mol. The Morgan fingerprint density at radius 3 is 2.15 bits per heavy atom. The van der Waals surface area contributed by atoms with Crippen LogP contribution in [0.25, 0.3) is 0 Å². The van der Waals surface area contributed by atoms with Crippen LogP contribution in [-0.2, 0) is 17.9 Å². The maximum Gasteiger partial charge on any atom is 0.337 e. The number of rotatable bonds is 9. The molecule has 0 aliphatic rings. The van der Waals surface area contributed by atoms with Gasteiger partial charge >= 0.3 is 5.97 Å². The number of hydrazone groups is 1. The van der Waals surface area contributed by atoms with Gasteiger partial charge in [0.1, 0.15) is 12.4 Å². The van der Waals surface area contributed by atoms with Gasteiger partial charge in [-0.25, -0.2) is 4.79 Å². The van der Waals surface area contributed by atoms with Crippen LogP contribution in [0.1, 0.15) is 27.0 Å². The molecule has 0 amide bonds. The predicted octanol–water partition coefficient (Wildman–Crippen LogP) is 6.09. The molecule has 0 aliphatic carbocycles. The van der Waals surface area contributed by atoms with E-state index in [4.69, 9.17) is 14.6 Å². The van der Waals surface area contributed by atoms with Crippen molar-refractivity contribution < 1.29 is 14.3 Å². The number of anilines is 1. The third-order valence-electron chi connectivity index (χ3n) is 5.25. The van der Waals surface area contributed by atoms with Crippen molar-refractivity contribution in [3.8, 4) is 5.75 Å². The van der Waals surface area contributed by atoms with Crippen LogP contribution in [0.4, 0.5) is 5.69 Å². The number of methoxy groups -OCH3 is 1. The van der Waals surface area contributed by atoms with E-state index in [-0.39, 0.29) is 5.97 Å². The molecule has 170 valence electrons. The number of para-hydroxylation sites is 2. The van der Waals surface area contributed by atoms with E-state index in [1.165, 1.54) is 12.7 Å². The van der Waals surface area contributed by atoms with Crippen LogP contribution in [0.3, 0.4) is 0 Å². The lowest BCUT2D eigenvalue weighted by molar-refractivity contribution is 0.0600. The molecule has 0 bridgehead atoms. The Bertz CT molecular complexity index is 1220. The van der Waals surface area contributed by atoms with Crippen LogP contribution in [0.15, 0.2) is 114 Å². The molecule has 0 radical (unpaired) electrons. The van der Waals surface area contributed by atoms with Crippen LogP contribution in [0.5, 0.6) is 5.75 Å². The Balaban J connectivity index is 1.50. The maximum absolute atomic E-state index is 11.6. The lowest BCUT2D eigenvalue weighted by Crippen LogP contribution is -2.16. The molecular weight excluding hydrogens is 424 g/mol. The first kappa shape index (κ1) is 22.8. The van der Waals surface area contributed by atoms with E-state index >= 15 is 0 Å². The fourth-order valence-electron chi connectivity index (χ4n) is 3.42. The summed E-state index contributed by atoms with van der Waals surface area (Å²) in [6, 6.07) is 35.3. The van der Waals surface area contributed by atoms with Gasteiger partial charge in [0.25, 0.3) is 0 Å². The molecule has 0 spiro atoms. The van der Waals surface area contributed by atoms with Crippen molar-refractivity contribution in [2.24, 2.45) is 5.10 Å². The molecule has 0 unspecified atom stereocenters. The number of carbonyl (C=O) groups is 1. The first-order chi connectivity index (χ1) is 16.7. The smallest absolute Gasteiger partial charge is 0.337 e. The lowest BCUT2D eigenvalue weighted by Gasteiger charge is -2.19. The summed E-state index contributed by atoms with van der Waals surface area (Å²) in [6.07, 6.45) is 1.83. The summed E-state index contributed by atoms with van der Waals surface area (Å²) in [6.45, 7) is 1.02. The summed E-state index contributed by atoms with van der Waals surface area (Å²) < 4.78 is 10.8. The second-order valence-corrected chi connectivity index (χ2v) is 7.64. The summed E-state index contributed by atoms with van der Waals surface area (Å²) in [4.78, 5) is 11.6. The minimum atomic E-state index is -0.354. The molecule has 4 aromatic carbocycles. The van der Waals surface area contributed by atoms with E-state index in [9.17, 15) is 4.79 Å². The van der Waals surface area contributed by atoms with Gasteiger partial charge in [-0.2, -0.15) is 5.10 Å². The average Bonchev–Trinajstić information content (AvgIpc) is 2.91. The Morgan fingerprint density at radius 1 is 0.794 bits per heavy atom. The van der Waals surface area contributed by atoms with Crippen molar-refractivity contribution in [2.45, 2.75) is 13.2 Å². The van der Waals surface area contributed by atoms with Crippen LogP contribution in [-0.4, -0.2) is 19.3 Å². The highest BCUT2D eigenvalue weighted by molar-refractivity contribution is 5.89. The minimum Gasteiger partial charge on any atom is -0.488 e. The fourth-order valence-corrected chi connectivity index (χ4v) is 3.42. The van der Waals surface area contributed by atoms with Crippen molar-refractivity contribution >= 4 is 17.9 Å². The molecule has 0 atom stereocenters. The van der Waals surface area contributed by atoms with Gasteiger partial charge in [-0.05, 0) is 47.5 Å². The Hall–Kier alpha value is -4.38. The van der Waals surface area contributed by atoms with Gasteiger partial charge < -0.3 is 9.47 Å². The number of carbonyl (C=O) groups excluding carboxylic acids is 1. The molecule has 0 aromatic heterocycles. The second-order valence-electron chi connectivity index (χ2n) is 7.64. The molecule has 4 aromatic rings. The van der Waals surface area contributed by atoms with Crippen LogP contribution >= 0.6 is 0 Å². The largest absolute Gasteiger partial charge is 0.488 e. The molecule has 0 saturated heterocycles. The first-order valence-electron chi connectivity index (χ1n) is 11.0. The van der Waals surface area contributed by atoms with E-state index in [0.717, 1.165) is 22.6 Å². The molecule has 0 fully saturated rings. The quantitative estimate of drug-likeness (QED) is 0.176. The van der Waals surface area contributed by atoms with Crippen molar-refractivity contribution in [1.29, 1.82) is 0 Å². The lowest BCUT2D eigenvalue weighted by atomic mass is 10.1. The zero-order chi connectivity index (χ0) is 23.6. The van der Waals surface area contributed by atoms with E-state index in [0.29, 0.717) is 18.7 Å². The zero-order valence-electron chi connectivity index (χ0n) is 19.0. The Kier molecular flexibility index (Phi) is 7.70. The number of hydrogen-bond donors (Lipinski definition) is 0. The van der Waals surface area contributed by atoms with Gasteiger partial charge in [-0.1, -0.05) is 72.8 Å². The molecule has 0 aliphatic heterocycles. The van der Waals surface area contributed by atoms with E-state index in [2.05, 4.69) is 12.1 Å². The molecule has 0 saturated carbocycles. The highest BCUT2D eigenvalue weighted by Crippen LogP contribution is 2.21. The Labute approximate surface area is 199 Å². The monoisotopic (exact) mass is 450 g/mol. The maximum atomic E-state index is 11.6. The normalized spacial score (nSPS) is 10.7. The molecule has 4 rings (SSSR count). The number of benzene rings is 4. The van der Waals surface area contributed by atoms with Gasteiger partial charge in [-0.15, -0.1) is 0 Å². The van der Waals surface area contributed by atoms with Crippen LogP contribution < -0.4 is 9.75 Å². The number of nitrogens with zero attached hydrogens (tertiary/aromatic N) is 2. The van der Waals surface area contributed by atoms with Gasteiger partial charge in [0.2, 0.25) is 0 Å². The summed E-state index contributed by atoms with van der Waals surface area (Å²) in [5.74, 6) is 0.378. The molecular formula is C29H26N2O3. The second kappa shape index (κ2) is 11.5. The molecule has 34 heavy (non-hydrogen) atoms. The average molecular weight is 451 g/mol. The fraction of sp³-hybridized carbons (Fsp3) is 0.103. The van der Waals surface area contributed by atoms with Crippen molar-refractivity contribution in [2.75, 3.05) is 12.1 Å². The molecule has 5 nitrogen and oxygen atoms in total. The minimum absolute atomic E-state index is 0.354. The highest BCUT2D eigenvalue weighted by Gasteiger charge is 2.08. The van der Waals surface area contributed by atoms with E-state index in [1.807, 2.05) is 96.2 Å².